The number of nitrogens with one attached hydrogen (secondary N) is 2. The van der Waals surface area contributed by atoms with Gasteiger partial charge in [-0.3, -0.25) is 14.4 Å². The van der Waals surface area contributed by atoms with E-state index in [2.05, 4.69) is 15.6 Å². The predicted molar refractivity (Wildman–Crippen MR) is 148 cm³/mol. The van der Waals surface area contributed by atoms with Gasteiger partial charge in [-0.15, -0.1) is 23.1 Å². The van der Waals surface area contributed by atoms with Gasteiger partial charge in [0.15, 0.2) is 5.13 Å². The zero-order valence-corrected chi connectivity index (χ0v) is 21.6. The van der Waals surface area contributed by atoms with Crippen LogP contribution in [0.4, 0.5) is 10.8 Å². The largest absolute Gasteiger partial charge is 0.481 e. The highest BCUT2D eigenvalue weighted by Crippen LogP contribution is 2.38. The summed E-state index contributed by atoms with van der Waals surface area (Å²) >= 11 is 2.79. The quantitative estimate of drug-likeness (QED) is 0.205. The Morgan fingerprint density at radius 2 is 1.62 bits per heavy atom. The molecule has 0 aliphatic rings. The number of aryl methyl sites for hydroxylation is 1. The molecule has 0 saturated heterocycles. The van der Waals surface area contributed by atoms with Gasteiger partial charge >= 0.3 is 5.97 Å². The molecule has 9 heteroatoms. The number of rotatable bonds is 10. The number of anilines is 2. The van der Waals surface area contributed by atoms with Crippen molar-refractivity contribution in [3.05, 3.63) is 95.4 Å². The van der Waals surface area contributed by atoms with Gasteiger partial charge in [0.1, 0.15) is 5.25 Å². The van der Waals surface area contributed by atoms with E-state index in [1.165, 1.54) is 23.1 Å². The minimum atomic E-state index is -1.03. The smallest absolute Gasteiger partial charge is 0.303 e. The van der Waals surface area contributed by atoms with Gasteiger partial charge in [0.2, 0.25) is 11.8 Å². The molecule has 7 nitrogen and oxygen atoms in total. The van der Waals surface area contributed by atoms with Gasteiger partial charge in [0.25, 0.3) is 0 Å². The number of aromatic nitrogens is 1. The van der Waals surface area contributed by atoms with E-state index in [-0.39, 0.29) is 24.7 Å². The molecule has 1 aromatic heterocycles. The molecule has 4 rings (SSSR count). The van der Waals surface area contributed by atoms with Crippen LogP contribution in [-0.4, -0.2) is 27.9 Å². The van der Waals surface area contributed by atoms with Crippen molar-refractivity contribution in [2.75, 3.05) is 10.6 Å². The summed E-state index contributed by atoms with van der Waals surface area (Å²) in [5.41, 5.74) is 3.21. The Bertz CT molecular complexity index is 1390. The van der Waals surface area contributed by atoms with Crippen LogP contribution in [0.15, 0.2) is 89.8 Å². The molecule has 3 N–H and O–H groups in total. The number of amides is 2. The second-order valence-corrected chi connectivity index (χ2v) is 10.5. The summed E-state index contributed by atoms with van der Waals surface area (Å²) < 4.78 is 0. The molecule has 1 heterocycles. The van der Waals surface area contributed by atoms with E-state index in [4.69, 9.17) is 5.11 Å². The summed E-state index contributed by atoms with van der Waals surface area (Å²) in [6.07, 6.45) is -0.349. The normalized spacial score (nSPS) is 11.5. The van der Waals surface area contributed by atoms with E-state index >= 15 is 0 Å². The van der Waals surface area contributed by atoms with E-state index in [9.17, 15) is 14.4 Å². The van der Waals surface area contributed by atoms with Crippen LogP contribution < -0.4 is 10.6 Å². The molecule has 37 heavy (non-hydrogen) atoms. The third-order valence-corrected chi connectivity index (χ3v) is 7.49. The van der Waals surface area contributed by atoms with Crippen LogP contribution in [0.3, 0.4) is 0 Å². The van der Waals surface area contributed by atoms with Crippen molar-refractivity contribution in [1.29, 1.82) is 0 Å². The van der Waals surface area contributed by atoms with Crippen LogP contribution in [0.2, 0.25) is 0 Å². The van der Waals surface area contributed by atoms with Gasteiger partial charge in [0.05, 0.1) is 12.1 Å². The fourth-order valence-electron chi connectivity index (χ4n) is 3.61. The lowest BCUT2D eigenvalue weighted by atomic mass is 10.1. The van der Waals surface area contributed by atoms with Crippen molar-refractivity contribution in [2.24, 2.45) is 0 Å². The molecule has 188 valence electrons. The Hall–Kier alpha value is -3.95. The van der Waals surface area contributed by atoms with Gasteiger partial charge in [-0.2, -0.15) is 0 Å². The highest BCUT2D eigenvalue weighted by Gasteiger charge is 2.24. The highest BCUT2D eigenvalue weighted by molar-refractivity contribution is 8.00. The van der Waals surface area contributed by atoms with Crippen molar-refractivity contribution >= 4 is 51.7 Å². The number of carbonyl (C=O) groups excluding carboxylic acids is 2. The molecule has 4 aromatic rings. The molecule has 0 fully saturated rings. The maximum absolute atomic E-state index is 13.5. The second kappa shape index (κ2) is 12.3. The average molecular weight is 532 g/mol. The molecule has 2 amide bonds. The Labute approximate surface area is 223 Å². The first-order valence-electron chi connectivity index (χ1n) is 11.6. The predicted octanol–water partition coefficient (Wildman–Crippen LogP) is 6.39. The van der Waals surface area contributed by atoms with Gasteiger partial charge in [-0.05, 0) is 30.7 Å². The number of benzene rings is 3. The molecule has 0 radical (unpaired) electrons. The van der Waals surface area contributed by atoms with Crippen LogP contribution in [0.1, 0.15) is 28.5 Å². The third-order valence-electron chi connectivity index (χ3n) is 5.35. The van der Waals surface area contributed by atoms with E-state index < -0.39 is 11.2 Å². The summed E-state index contributed by atoms with van der Waals surface area (Å²) in [6.45, 7) is 1.98. The molecule has 1 atom stereocenters. The molecule has 0 aliphatic heterocycles. The minimum absolute atomic E-state index is 0.111. The number of carboxylic acid groups (broad SMARTS) is 1. The number of hydrogen-bond acceptors (Lipinski definition) is 6. The number of thiazole rings is 1. The number of thioether (sulfide) groups is 1. The van der Waals surface area contributed by atoms with E-state index in [1.807, 2.05) is 73.7 Å². The summed E-state index contributed by atoms with van der Waals surface area (Å²) in [7, 11) is 0. The zero-order chi connectivity index (χ0) is 26.2. The van der Waals surface area contributed by atoms with Gasteiger partial charge in [-0.25, -0.2) is 4.98 Å². The summed E-state index contributed by atoms with van der Waals surface area (Å²) in [4.78, 5) is 42.7. The Balaban J connectivity index is 1.52. The second-order valence-electron chi connectivity index (χ2n) is 8.16. The van der Waals surface area contributed by atoms with Gasteiger partial charge in [-0.1, -0.05) is 66.7 Å². The number of hydrogen-bond donors (Lipinski definition) is 3. The first-order valence-corrected chi connectivity index (χ1v) is 13.3. The fraction of sp³-hybridized carbons (Fsp3) is 0.143. The minimum Gasteiger partial charge on any atom is -0.481 e. The van der Waals surface area contributed by atoms with Gasteiger partial charge in [0, 0.05) is 27.4 Å². The molecule has 0 saturated carbocycles. The van der Waals surface area contributed by atoms with Crippen molar-refractivity contribution in [2.45, 2.75) is 29.9 Å². The van der Waals surface area contributed by atoms with Crippen LogP contribution in [0.5, 0.6) is 0 Å². The topological polar surface area (TPSA) is 108 Å². The molecule has 3 aromatic carbocycles. The Morgan fingerprint density at radius 3 is 2.32 bits per heavy atom. The number of carbonyl (C=O) groups is 3. The maximum atomic E-state index is 13.5. The standard InChI is InChI=1S/C28H25N3O4S2/c1-18-25(19-9-4-2-5-10-19)30-28(36-18)31-27(35)26(20-11-6-3-7-12-20)37-22-14-8-13-21(17-22)29-23(32)15-16-24(33)34/h2-14,17,26H,15-16H2,1H3,(H,29,32)(H,33,34)(H,30,31,35). The highest BCUT2D eigenvalue weighted by atomic mass is 32.2. The molecule has 0 aliphatic carbocycles. The SMILES string of the molecule is Cc1sc(NC(=O)C(Sc2cccc(NC(=O)CCC(=O)O)c2)c2ccccc2)nc1-c1ccccc1. The van der Waals surface area contributed by atoms with Crippen LogP contribution in [0, 0.1) is 6.92 Å². The number of nitrogens with zero attached hydrogens (tertiary/aromatic N) is 1. The first kappa shape index (κ1) is 26.1. The van der Waals surface area contributed by atoms with Crippen molar-refractivity contribution in [3.63, 3.8) is 0 Å². The number of carboxylic acids is 1. The molecular formula is C28H25N3O4S2. The molecular weight excluding hydrogens is 506 g/mol. The summed E-state index contributed by atoms with van der Waals surface area (Å²) in [5.74, 6) is -1.61. The molecule has 0 spiro atoms. The number of aliphatic carboxylic acids is 1. The van der Waals surface area contributed by atoms with E-state index in [0.29, 0.717) is 10.8 Å². The van der Waals surface area contributed by atoms with Crippen molar-refractivity contribution in [1.82, 2.24) is 4.98 Å². The summed E-state index contributed by atoms with van der Waals surface area (Å²) in [5, 5.41) is 14.5. The lowest BCUT2D eigenvalue weighted by Gasteiger charge is -2.17. The van der Waals surface area contributed by atoms with Gasteiger partial charge < -0.3 is 15.7 Å². The van der Waals surface area contributed by atoms with E-state index in [0.717, 1.165) is 26.6 Å². The Kier molecular flexibility index (Phi) is 8.71. The van der Waals surface area contributed by atoms with Crippen LogP contribution in [-0.2, 0) is 14.4 Å². The van der Waals surface area contributed by atoms with Crippen molar-refractivity contribution in [3.8, 4) is 11.3 Å². The maximum Gasteiger partial charge on any atom is 0.303 e. The first-order chi connectivity index (χ1) is 17.9. The van der Waals surface area contributed by atoms with Crippen molar-refractivity contribution < 1.29 is 19.5 Å². The average Bonchev–Trinajstić information content (AvgIpc) is 3.27. The fourth-order valence-corrected chi connectivity index (χ4v) is 5.53. The van der Waals surface area contributed by atoms with Crippen LogP contribution in [0.25, 0.3) is 11.3 Å². The molecule has 1 unspecified atom stereocenters. The Morgan fingerprint density at radius 1 is 0.919 bits per heavy atom. The summed E-state index contributed by atoms with van der Waals surface area (Å²) in [6, 6.07) is 26.5. The zero-order valence-electron chi connectivity index (χ0n) is 20.0. The molecule has 0 bridgehead atoms. The van der Waals surface area contributed by atoms with Crippen LogP contribution >= 0.6 is 23.1 Å². The third kappa shape index (κ3) is 7.28. The monoisotopic (exact) mass is 531 g/mol. The van der Waals surface area contributed by atoms with E-state index in [1.54, 1.807) is 18.2 Å². The lowest BCUT2D eigenvalue weighted by Crippen LogP contribution is -2.19. The lowest BCUT2D eigenvalue weighted by molar-refractivity contribution is -0.138.